The zero-order chi connectivity index (χ0) is 14.0. The molecule has 0 saturated carbocycles. The van der Waals surface area contributed by atoms with Crippen LogP contribution in [-0.2, 0) is 16.6 Å². The topological polar surface area (TPSA) is 72.2 Å². The fourth-order valence-electron chi connectivity index (χ4n) is 1.38. The smallest absolute Gasteiger partial charge is 0.242 e. The summed E-state index contributed by atoms with van der Waals surface area (Å²) in [6.45, 7) is 1.83. The predicted molar refractivity (Wildman–Crippen MR) is 71.7 cm³/mol. The van der Waals surface area contributed by atoms with Crippen LogP contribution in [0.4, 0.5) is 0 Å². The molecule has 2 aromatic rings. The number of nitrogens with zero attached hydrogens (tertiary/aromatic N) is 1. The minimum absolute atomic E-state index is 0.0508. The average molecular weight is 321 g/mol. The minimum Gasteiger partial charge on any atom is -0.465 e. The molecular formula is C11H10Cl2N2O3S. The van der Waals surface area contributed by atoms with Gasteiger partial charge in [0.25, 0.3) is 0 Å². The molecule has 19 heavy (non-hydrogen) atoms. The van der Waals surface area contributed by atoms with Crippen molar-refractivity contribution < 1.29 is 12.8 Å². The van der Waals surface area contributed by atoms with Gasteiger partial charge < -0.3 is 4.42 Å². The standard InChI is InChI=1S/C11H10Cl2N2O3S/c1-7-2-3-8(18-7)5-15-19(16,17)9-4-10(12)11(13)14-6-9/h2-4,6,15H,5H2,1H3. The molecule has 1 N–H and O–H groups in total. The van der Waals surface area contributed by atoms with Gasteiger partial charge in [0.05, 0.1) is 11.6 Å². The van der Waals surface area contributed by atoms with Crippen LogP contribution in [0.25, 0.3) is 0 Å². The van der Waals surface area contributed by atoms with E-state index in [-0.39, 0.29) is 21.6 Å². The normalized spacial score (nSPS) is 11.7. The van der Waals surface area contributed by atoms with Gasteiger partial charge >= 0.3 is 0 Å². The van der Waals surface area contributed by atoms with Gasteiger partial charge in [-0.3, -0.25) is 0 Å². The van der Waals surface area contributed by atoms with Crippen molar-refractivity contribution in [2.24, 2.45) is 0 Å². The number of hydrogen-bond donors (Lipinski definition) is 1. The van der Waals surface area contributed by atoms with Crippen LogP contribution in [-0.4, -0.2) is 13.4 Å². The highest BCUT2D eigenvalue weighted by Crippen LogP contribution is 2.22. The summed E-state index contributed by atoms with van der Waals surface area (Å²) in [7, 11) is -3.70. The molecule has 0 radical (unpaired) electrons. The summed E-state index contributed by atoms with van der Waals surface area (Å²) >= 11 is 11.4. The van der Waals surface area contributed by atoms with E-state index in [2.05, 4.69) is 9.71 Å². The van der Waals surface area contributed by atoms with Crippen molar-refractivity contribution in [1.82, 2.24) is 9.71 Å². The van der Waals surface area contributed by atoms with Gasteiger partial charge in [-0.15, -0.1) is 0 Å². The highest BCUT2D eigenvalue weighted by atomic mass is 35.5. The minimum atomic E-state index is -3.70. The van der Waals surface area contributed by atoms with E-state index in [0.717, 1.165) is 6.20 Å². The lowest BCUT2D eigenvalue weighted by atomic mass is 10.4. The van der Waals surface area contributed by atoms with Crippen molar-refractivity contribution in [3.05, 3.63) is 46.1 Å². The summed E-state index contributed by atoms with van der Waals surface area (Å²) in [5, 5.41) is 0.140. The second-order valence-electron chi connectivity index (χ2n) is 3.78. The van der Waals surface area contributed by atoms with E-state index in [1.165, 1.54) is 6.07 Å². The molecule has 8 heteroatoms. The Morgan fingerprint density at radius 2 is 2.11 bits per heavy atom. The first-order chi connectivity index (χ1) is 8.88. The molecule has 2 aromatic heterocycles. The summed E-state index contributed by atoms with van der Waals surface area (Å²) in [4.78, 5) is 3.64. The Balaban J connectivity index is 2.16. The van der Waals surface area contributed by atoms with Crippen LogP contribution in [0.2, 0.25) is 10.2 Å². The fourth-order valence-corrected chi connectivity index (χ4v) is 2.68. The highest BCUT2D eigenvalue weighted by molar-refractivity contribution is 7.89. The van der Waals surface area contributed by atoms with Crippen molar-refractivity contribution in [3.8, 4) is 0 Å². The SMILES string of the molecule is Cc1ccc(CNS(=O)(=O)c2cnc(Cl)c(Cl)c2)o1. The van der Waals surface area contributed by atoms with Gasteiger partial charge in [-0.1, -0.05) is 23.2 Å². The third-order valence-electron chi connectivity index (χ3n) is 2.31. The van der Waals surface area contributed by atoms with Crippen molar-refractivity contribution in [2.75, 3.05) is 0 Å². The zero-order valence-corrected chi connectivity index (χ0v) is 12.2. The van der Waals surface area contributed by atoms with Crippen LogP contribution in [0.3, 0.4) is 0 Å². The molecule has 0 unspecified atom stereocenters. The van der Waals surface area contributed by atoms with Crippen LogP contribution in [0.15, 0.2) is 33.7 Å². The van der Waals surface area contributed by atoms with E-state index in [1.807, 2.05) is 0 Å². The Labute approximate surface area is 120 Å². The van der Waals surface area contributed by atoms with E-state index < -0.39 is 10.0 Å². The summed E-state index contributed by atoms with van der Waals surface area (Å²) in [5.41, 5.74) is 0. The number of furan rings is 1. The van der Waals surface area contributed by atoms with E-state index in [9.17, 15) is 8.42 Å². The summed E-state index contributed by atoms with van der Waals surface area (Å²) in [6.07, 6.45) is 1.14. The average Bonchev–Trinajstić information content (AvgIpc) is 2.76. The van der Waals surface area contributed by atoms with E-state index in [4.69, 9.17) is 27.6 Å². The largest absolute Gasteiger partial charge is 0.465 e. The Hall–Kier alpha value is -1.08. The van der Waals surface area contributed by atoms with Gasteiger partial charge in [0, 0.05) is 6.20 Å². The Morgan fingerprint density at radius 3 is 2.68 bits per heavy atom. The second kappa shape index (κ2) is 5.50. The molecule has 2 rings (SSSR count). The highest BCUT2D eigenvalue weighted by Gasteiger charge is 2.16. The third-order valence-corrected chi connectivity index (χ3v) is 4.37. The molecule has 102 valence electrons. The molecule has 0 aliphatic carbocycles. The lowest BCUT2D eigenvalue weighted by molar-refractivity contribution is 0.475. The van der Waals surface area contributed by atoms with Gasteiger partial charge in [0.1, 0.15) is 21.6 Å². The van der Waals surface area contributed by atoms with Crippen LogP contribution in [0.1, 0.15) is 11.5 Å². The molecule has 0 fully saturated rings. The molecular weight excluding hydrogens is 311 g/mol. The van der Waals surface area contributed by atoms with Crippen molar-refractivity contribution in [2.45, 2.75) is 18.4 Å². The maximum atomic E-state index is 12.0. The molecule has 0 aliphatic rings. The summed E-state index contributed by atoms with van der Waals surface area (Å²) < 4.78 is 31.6. The van der Waals surface area contributed by atoms with Gasteiger partial charge in [-0.05, 0) is 25.1 Å². The van der Waals surface area contributed by atoms with Crippen molar-refractivity contribution >= 4 is 33.2 Å². The maximum absolute atomic E-state index is 12.0. The second-order valence-corrected chi connectivity index (χ2v) is 6.31. The maximum Gasteiger partial charge on any atom is 0.242 e. The Kier molecular flexibility index (Phi) is 4.15. The van der Waals surface area contributed by atoms with Gasteiger partial charge in [-0.25, -0.2) is 18.1 Å². The molecule has 0 bridgehead atoms. The van der Waals surface area contributed by atoms with Crippen molar-refractivity contribution in [3.63, 3.8) is 0 Å². The first kappa shape index (κ1) is 14.3. The third kappa shape index (κ3) is 3.48. The number of pyridine rings is 1. The van der Waals surface area contributed by atoms with Gasteiger partial charge in [-0.2, -0.15) is 0 Å². The molecule has 0 spiro atoms. The number of aryl methyl sites for hydroxylation is 1. The number of halogens is 2. The van der Waals surface area contributed by atoms with E-state index in [0.29, 0.717) is 11.5 Å². The number of hydrogen-bond acceptors (Lipinski definition) is 4. The first-order valence-electron chi connectivity index (χ1n) is 5.24. The summed E-state index contributed by atoms with van der Waals surface area (Å²) in [6, 6.07) is 4.70. The Morgan fingerprint density at radius 1 is 1.37 bits per heavy atom. The van der Waals surface area contributed by atoms with Crippen molar-refractivity contribution in [1.29, 1.82) is 0 Å². The monoisotopic (exact) mass is 320 g/mol. The molecule has 0 aromatic carbocycles. The number of nitrogens with one attached hydrogen (secondary N) is 1. The molecule has 0 saturated heterocycles. The van der Waals surface area contributed by atoms with Gasteiger partial charge in [0.15, 0.2) is 0 Å². The molecule has 0 amide bonds. The molecule has 5 nitrogen and oxygen atoms in total. The molecule has 0 atom stereocenters. The number of sulfonamides is 1. The lowest BCUT2D eigenvalue weighted by Gasteiger charge is -2.05. The van der Waals surface area contributed by atoms with Crippen LogP contribution in [0, 0.1) is 6.92 Å². The van der Waals surface area contributed by atoms with Gasteiger partial charge in [0.2, 0.25) is 10.0 Å². The Bertz CT molecular complexity index is 698. The summed E-state index contributed by atoms with van der Waals surface area (Å²) in [5.74, 6) is 1.24. The first-order valence-corrected chi connectivity index (χ1v) is 7.48. The number of rotatable bonds is 4. The van der Waals surface area contributed by atoms with Crippen LogP contribution >= 0.6 is 23.2 Å². The van der Waals surface area contributed by atoms with E-state index >= 15 is 0 Å². The number of aromatic nitrogens is 1. The molecule has 0 aliphatic heterocycles. The van der Waals surface area contributed by atoms with Crippen LogP contribution < -0.4 is 4.72 Å². The lowest BCUT2D eigenvalue weighted by Crippen LogP contribution is -2.23. The fraction of sp³-hybridized carbons (Fsp3) is 0.182. The zero-order valence-electron chi connectivity index (χ0n) is 9.85. The van der Waals surface area contributed by atoms with E-state index in [1.54, 1.807) is 19.1 Å². The van der Waals surface area contributed by atoms with Crippen LogP contribution in [0.5, 0.6) is 0 Å². The molecule has 2 heterocycles. The quantitative estimate of drug-likeness (QED) is 0.879. The predicted octanol–water partition coefficient (Wildman–Crippen LogP) is 2.77.